The van der Waals surface area contributed by atoms with Crippen LogP contribution in [0.3, 0.4) is 0 Å². The van der Waals surface area contributed by atoms with Crippen LogP contribution in [-0.4, -0.2) is 6.54 Å². The van der Waals surface area contributed by atoms with Crippen molar-refractivity contribution in [2.24, 2.45) is 0 Å². The van der Waals surface area contributed by atoms with Gasteiger partial charge in [-0.3, -0.25) is 0 Å². The SMILES string of the molecule is CCCNC(C1=CCCCC1)c1ccc(Br)c(C)c1. The second-order valence-electron chi connectivity index (χ2n) is 5.42. The molecule has 1 nitrogen and oxygen atoms in total. The lowest BCUT2D eigenvalue weighted by atomic mass is 9.89. The first-order valence-corrected chi connectivity index (χ1v) is 8.20. The molecule has 104 valence electrons. The quantitative estimate of drug-likeness (QED) is 0.726. The molecule has 0 spiro atoms. The summed E-state index contributed by atoms with van der Waals surface area (Å²) in [4.78, 5) is 0. The molecule has 0 heterocycles. The van der Waals surface area contributed by atoms with Gasteiger partial charge in [-0.15, -0.1) is 0 Å². The number of hydrogen-bond donors (Lipinski definition) is 1. The standard InChI is InChI=1S/C17H24BrN/c1-3-11-19-17(14-7-5-4-6-8-14)15-9-10-16(18)13(2)12-15/h7,9-10,12,17,19H,3-6,8,11H2,1-2H3. The van der Waals surface area contributed by atoms with Gasteiger partial charge < -0.3 is 5.32 Å². The highest BCUT2D eigenvalue weighted by Gasteiger charge is 2.17. The van der Waals surface area contributed by atoms with E-state index < -0.39 is 0 Å². The summed E-state index contributed by atoms with van der Waals surface area (Å²) in [6, 6.07) is 7.15. The second kappa shape index (κ2) is 7.25. The number of hydrogen-bond acceptors (Lipinski definition) is 1. The molecule has 0 saturated carbocycles. The minimum atomic E-state index is 0.409. The van der Waals surface area contributed by atoms with Crippen LogP contribution in [0.2, 0.25) is 0 Å². The van der Waals surface area contributed by atoms with Gasteiger partial charge in [-0.2, -0.15) is 0 Å². The van der Waals surface area contributed by atoms with Gasteiger partial charge in [0.25, 0.3) is 0 Å². The van der Waals surface area contributed by atoms with E-state index in [1.165, 1.54) is 47.7 Å². The summed E-state index contributed by atoms with van der Waals surface area (Å²) in [5, 5.41) is 3.72. The topological polar surface area (TPSA) is 12.0 Å². The summed E-state index contributed by atoms with van der Waals surface area (Å²) >= 11 is 3.59. The number of halogens is 1. The van der Waals surface area contributed by atoms with Gasteiger partial charge in [0.15, 0.2) is 0 Å². The third-order valence-electron chi connectivity index (χ3n) is 3.81. The van der Waals surface area contributed by atoms with Crippen molar-refractivity contribution in [3.63, 3.8) is 0 Å². The monoisotopic (exact) mass is 321 g/mol. The molecule has 0 radical (unpaired) electrons. The van der Waals surface area contributed by atoms with Crippen LogP contribution in [0.1, 0.15) is 56.2 Å². The minimum Gasteiger partial charge on any atom is -0.307 e. The van der Waals surface area contributed by atoms with Crippen molar-refractivity contribution in [3.05, 3.63) is 45.4 Å². The third-order valence-corrected chi connectivity index (χ3v) is 4.70. The van der Waals surface area contributed by atoms with Gasteiger partial charge in [-0.1, -0.05) is 46.6 Å². The van der Waals surface area contributed by atoms with Crippen molar-refractivity contribution in [2.45, 2.75) is 52.0 Å². The van der Waals surface area contributed by atoms with Crippen LogP contribution in [0.5, 0.6) is 0 Å². The maximum atomic E-state index is 3.72. The molecule has 0 aliphatic heterocycles. The number of allylic oxidation sites excluding steroid dienone is 1. The Morgan fingerprint density at radius 1 is 1.32 bits per heavy atom. The minimum absolute atomic E-state index is 0.409. The lowest BCUT2D eigenvalue weighted by Gasteiger charge is -2.25. The summed E-state index contributed by atoms with van der Waals surface area (Å²) in [6.07, 6.45) is 8.81. The Balaban J connectivity index is 2.25. The molecule has 2 heteroatoms. The summed E-state index contributed by atoms with van der Waals surface area (Å²) in [7, 11) is 0. The van der Waals surface area contributed by atoms with E-state index in [1.54, 1.807) is 5.57 Å². The van der Waals surface area contributed by atoms with Crippen molar-refractivity contribution in [1.82, 2.24) is 5.32 Å². The molecule has 0 saturated heterocycles. The first-order valence-electron chi connectivity index (χ1n) is 7.40. The molecule has 1 aliphatic carbocycles. The van der Waals surface area contributed by atoms with Crippen molar-refractivity contribution < 1.29 is 0 Å². The highest BCUT2D eigenvalue weighted by Crippen LogP contribution is 2.31. The first kappa shape index (κ1) is 14.8. The summed E-state index contributed by atoms with van der Waals surface area (Å²) < 4.78 is 1.20. The Labute approximate surface area is 125 Å². The number of aryl methyl sites for hydroxylation is 1. The molecule has 0 aromatic heterocycles. The lowest BCUT2D eigenvalue weighted by molar-refractivity contribution is 0.546. The Kier molecular flexibility index (Phi) is 5.65. The molecule has 1 aliphatic rings. The largest absolute Gasteiger partial charge is 0.307 e. The van der Waals surface area contributed by atoms with Crippen LogP contribution in [0.15, 0.2) is 34.3 Å². The van der Waals surface area contributed by atoms with Crippen molar-refractivity contribution >= 4 is 15.9 Å². The Morgan fingerprint density at radius 3 is 2.79 bits per heavy atom. The van der Waals surface area contributed by atoms with E-state index in [-0.39, 0.29) is 0 Å². The van der Waals surface area contributed by atoms with Crippen molar-refractivity contribution in [1.29, 1.82) is 0 Å². The van der Waals surface area contributed by atoms with Gasteiger partial charge in [0.05, 0.1) is 6.04 Å². The van der Waals surface area contributed by atoms with Crippen LogP contribution in [0.25, 0.3) is 0 Å². The summed E-state index contributed by atoms with van der Waals surface area (Å²) in [5.41, 5.74) is 4.31. The molecule has 1 N–H and O–H groups in total. The van der Waals surface area contributed by atoms with E-state index in [0.717, 1.165) is 6.54 Å². The van der Waals surface area contributed by atoms with Gasteiger partial charge in [0.1, 0.15) is 0 Å². The number of nitrogens with one attached hydrogen (secondary N) is 1. The molecular weight excluding hydrogens is 298 g/mol. The summed E-state index contributed by atoms with van der Waals surface area (Å²) in [5.74, 6) is 0. The van der Waals surface area contributed by atoms with Crippen molar-refractivity contribution in [2.75, 3.05) is 6.54 Å². The molecule has 1 unspecified atom stereocenters. The molecule has 19 heavy (non-hydrogen) atoms. The van der Waals surface area contributed by atoms with Gasteiger partial charge in [0, 0.05) is 4.47 Å². The zero-order valence-electron chi connectivity index (χ0n) is 12.0. The average Bonchev–Trinajstić information content (AvgIpc) is 2.44. The fourth-order valence-electron chi connectivity index (χ4n) is 2.72. The van der Waals surface area contributed by atoms with E-state index in [2.05, 4.69) is 59.4 Å². The Morgan fingerprint density at radius 2 is 2.16 bits per heavy atom. The predicted octanol–water partition coefficient (Wildman–Crippen LogP) is 5.30. The van der Waals surface area contributed by atoms with Crippen LogP contribution in [0.4, 0.5) is 0 Å². The zero-order valence-corrected chi connectivity index (χ0v) is 13.6. The Bertz CT molecular complexity index is 451. The van der Waals surface area contributed by atoms with Crippen LogP contribution < -0.4 is 5.32 Å². The lowest BCUT2D eigenvalue weighted by Crippen LogP contribution is -2.24. The smallest absolute Gasteiger partial charge is 0.0536 e. The third kappa shape index (κ3) is 3.93. The normalized spacial score (nSPS) is 17.1. The maximum Gasteiger partial charge on any atom is 0.0536 e. The fraction of sp³-hybridized carbons (Fsp3) is 0.529. The van der Waals surface area contributed by atoms with Gasteiger partial charge >= 0.3 is 0 Å². The maximum absolute atomic E-state index is 3.72. The van der Waals surface area contributed by atoms with Gasteiger partial charge in [-0.25, -0.2) is 0 Å². The fourth-order valence-corrected chi connectivity index (χ4v) is 2.97. The molecule has 0 fully saturated rings. The Hall–Kier alpha value is -0.600. The summed E-state index contributed by atoms with van der Waals surface area (Å²) in [6.45, 7) is 5.48. The second-order valence-corrected chi connectivity index (χ2v) is 6.27. The van der Waals surface area contributed by atoms with Crippen LogP contribution >= 0.6 is 15.9 Å². The van der Waals surface area contributed by atoms with E-state index in [4.69, 9.17) is 0 Å². The molecule has 2 rings (SSSR count). The van der Waals surface area contributed by atoms with Crippen LogP contribution in [-0.2, 0) is 0 Å². The van der Waals surface area contributed by atoms with Crippen LogP contribution in [0, 0.1) is 6.92 Å². The van der Waals surface area contributed by atoms with Gasteiger partial charge in [-0.05, 0) is 62.8 Å². The highest BCUT2D eigenvalue weighted by atomic mass is 79.9. The van der Waals surface area contributed by atoms with E-state index >= 15 is 0 Å². The zero-order chi connectivity index (χ0) is 13.7. The molecule has 0 amide bonds. The first-order chi connectivity index (χ1) is 9.22. The van der Waals surface area contributed by atoms with E-state index in [0.29, 0.717) is 6.04 Å². The molecule has 1 aromatic rings. The molecular formula is C17H24BrN. The highest BCUT2D eigenvalue weighted by molar-refractivity contribution is 9.10. The predicted molar refractivity (Wildman–Crippen MR) is 86.5 cm³/mol. The number of rotatable bonds is 5. The average molecular weight is 322 g/mol. The van der Waals surface area contributed by atoms with Crippen molar-refractivity contribution in [3.8, 4) is 0 Å². The number of benzene rings is 1. The van der Waals surface area contributed by atoms with Gasteiger partial charge in [0.2, 0.25) is 0 Å². The van der Waals surface area contributed by atoms with E-state index in [1.807, 2.05) is 0 Å². The van der Waals surface area contributed by atoms with E-state index in [9.17, 15) is 0 Å². The molecule has 1 aromatic carbocycles. The molecule has 1 atom stereocenters. The molecule has 0 bridgehead atoms.